The molecule has 0 bridgehead atoms. The first-order chi connectivity index (χ1) is 4.72. The third-order valence-electron chi connectivity index (χ3n) is 1.03. The Balaban J connectivity index is 3.82. The van der Waals surface area contributed by atoms with E-state index in [0.29, 0.717) is 5.57 Å². The number of rotatable bonds is 3. The minimum Gasteiger partial charge on any atom is -0.452 e. The second-order valence-electron chi connectivity index (χ2n) is 1.86. The summed E-state index contributed by atoms with van der Waals surface area (Å²) < 4.78 is 4.61. The molecule has 0 radical (unpaired) electrons. The summed E-state index contributed by atoms with van der Waals surface area (Å²) in [4.78, 5) is 10.8. The quantitative estimate of drug-likeness (QED) is 0.295. The molecule has 0 atom stereocenters. The van der Waals surface area contributed by atoms with Gasteiger partial charge in [0.15, 0.2) is 0 Å². The second kappa shape index (κ2) is 5.35. The molecule has 0 aliphatic carbocycles. The van der Waals surface area contributed by atoms with Gasteiger partial charge in [0, 0.05) is 5.57 Å². The average Bonchev–Trinajstić information content (AvgIpc) is 1.89. The van der Waals surface area contributed by atoms with Gasteiger partial charge in [0.05, 0.1) is 0 Å². The number of ether oxygens (including phenoxy) is 1. The maximum absolute atomic E-state index is 10.8. The van der Waals surface area contributed by atoms with Crippen molar-refractivity contribution in [1.82, 2.24) is 0 Å². The molecule has 2 nitrogen and oxygen atoms in total. The highest BCUT2D eigenvalue weighted by atomic mass is 32.1. The van der Waals surface area contributed by atoms with Crippen LogP contribution in [0.3, 0.4) is 0 Å². The molecule has 58 valence electrons. The zero-order valence-electron chi connectivity index (χ0n) is 6.26. The Kier molecular flexibility index (Phi) is 5.12. The van der Waals surface area contributed by atoms with Gasteiger partial charge in [-0.15, -0.1) is 12.6 Å². The zero-order valence-corrected chi connectivity index (χ0v) is 7.15. The Morgan fingerprint density at radius 1 is 1.70 bits per heavy atom. The maximum atomic E-state index is 10.8. The summed E-state index contributed by atoms with van der Waals surface area (Å²) in [5.41, 5.74) is 0.650. The number of carbonyl (C=O) groups excluding carboxylic acids is 1. The van der Waals surface area contributed by atoms with E-state index in [2.05, 4.69) is 17.4 Å². The van der Waals surface area contributed by atoms with Crippen molar-refractivity contribution in [2.24, 2.45) is 0 Å². The van der Waals surface area contributed by atoms with E-state index >= 15 is 0 Å². The zero-order chi connectivity index (χ0) is 7.98. The first kappa shape index (κ1) is 9.56. The van der Waals surface area contributed by atoms with Crippen molar-refractivity contribution in [3.05, 3.63) is 11.6 Å². The topological polar surface area (TPSA) is 26.3 Å². The second-order valence-corrected chi connectivity index (χ2v) is 2.11. The first-order valence-electron chi connectivity index (χ1n) is 3.17. The number of allylic oxidation sites excluding steroid dienone is 1. The first-order valence-corrected chi connectivity index (χ1v) is 3.80. The van der Waals surface area contributed by atoms with Gasteiger partial charge in [-0.3, -0.25) is 0 Å². The van der Waals surface area contributed by atoms with Crippen LogP contribution in [0.15, 0.2) is 11.6 Å². The number of esters is 1. The predicted molar refractivity (Wildman–Crippen MR) is 44.0 cm³/mol. The minimum atomic E-state index is -0.281. The van der Waals surface area contributed by atoms with Crippen molar-refractivity contribution < 1.29 is 9.53 Å². The van der Waals surface area contributed by atoms with Crippen LogP contribution in [0.25, 0.3) is 0 Å². The Bertz CT molecular complexity index is 141. The summed E-state index contributed by atoms with van der Waals surface area (Å²) in [5, 5.41) is 0. The third kappa shape index (κ3) is 3.56. The minimum absolute atomic E-state index is 0.147. The predicted octanol–water partition coefficient (Wildman–Crippen LogP) is 1.77. The molecule has 0 N–H and O–H groups in total. The third-order valence-corrected chi connectivity index (χ3v) is 1.16. The molecule has 0 amide bonds. The van der Waals surface area contributed by atoms with Gasteiger partial charge in [0.2, 0.25) is 0 Å². The van der Waals surface area contributed by atoms with Crippen LogP contribution in [0.2, 0.25) is 0 Å². The number of hydrogen-bond acceptors (Lipinski definition) is 3. The molecule has 0 spiro atoms. The molecular weight excluding hydrogens is 148 g/mol. The summed E-state index contributed by atoms with van der Waals surface area (Å²) in [6.07, 6.45) is 2.68. The van der Waals surface area contributed by atoms with Crippen LogP contribution in [0, 0.1) is 0 Å². The summed E-state index contributed by atoms with van der Waals surface area (Å²) >= 11 is 3.75. The SMILES string of the molecule is CCC=C(C)C(=O)OCS. The van der Waals surface area contributed by atoms with Crippen molar-refractivity contribution in [1.29, 1.82) is 0 Å². The fraction of sp³-hybridized carbons (Fsp3) is 0.571. The van der Waals surface area contributed by atoms with E-state index in [9.17, 15) is 4.79 Å². The Hall–Kier alpha value is -0.440. The van der Waals surface area contributed by atoms with E-state index in [0.717, 1.165) is 6.42 Å². The summed E-state index contributed by atoms with van der Waals surface area (Å²) in [6.45, 7) is 3.70. The molecule has 0 unspecified atom stereocenters. The van der Waals surface area contributed by atoms with Crippen LogP contribution in [0.4, 0.5) is 0 Å². The van der Waals surface area contributed by atoms with Crippen molar-refractivity contribution in [2.45, 2.75) is 20.3 Å². The maximum Gasteiger partial charge on any atom is 0.334 e. The summed E-state index contributed by atoms with van der Waals surface area (Å²) in [7, 11) is 0. The smallest absolute Gasteiger partial charge is 0.334 e. The molecule has 0 saturated heterocycles. The van der Waals surface area contributed by atoms with Crippen molar-refractivity contribution >= 4 is 18.6 Å². The highest BCUT2D eigenvalue weighted by Crippen LogP contribution is 1.98. The van der Waals surface area contributed by atoms with E-state index in [1.165, 1.54) is 0 Å². The Morgan fingerprint density at radius 2 is 2.30 bits per heavy atom. The van der Waals surface area contributed by atoms with Crippen molar-refractivity contribution in [3.8, 4) is 0 Å². The highest BCUT2D eigenvalue weighted by molar-refractivity contribution is 7.80. The van der Waals surface area contributed by atoms with Crippen LogP contribution in [0.5, 0.6) is 0 Å². The van der Waals surface area contributed by atoms with E-state index in [1.54, 1.807) is 6.92 Å². The Morgan fingerprint density at radius 3 is 2.70 bits per heavy atom. The molecule has 0 aromatic rings. The molecule has 0 heterocycles. The van der Waals surface area contributed by atoms with Crippen LogP contribution in [-0.2, 0) is 9.53 Å². The molecule has 0 aliphatic rings. The molecule has 10 heavy (non-hydrogen) atoms. The van der Waals surface area contributed by atoms with Crippen LogP contribution < -0.4 is 0 Å². The van der Waals surface area contributed by atoms with Crippen LogP contribution in [-0.4, -0.2) is 11.9 Å². The molecule has 0 aromatic heterocycles. The lowest BCUT2D eigenvalue weighted by Crippen LogP contribution is -2.03. The Labute approximate surface area is 66.7 Å². The lowest BCUT2D eigenvalue weighted by molar-refractivity contribution is -0.136. The largest absolute Gasteiger partial charge is 0.452 e. The van der Waals surface area contributed by atoms with Crippen LogP contribution >= 0.6 is 12.6 Å². The van der Waals surface area contributed by atoms with Gasteiger partial charge in [0.1, 0.15) is 5.94 Å². The van der Waals surface area contributed by atoms with Crippen molar-refractivity contribution in [3.63, 3.8) is 0 Å². The molecular formula is C7H12O2S. The summed E-state index contributed by atoms with van der Waals surface area (Å²) in [5.74, 6) is -0.134. The molecule has 0 rings (SSSR count). The van der Waals surface area contributed by atoms with E-state index < -0.39 is 0 Å². The van der Waals surface area contributed by atoms with Gasteiger partial charge in [-0.1, -0.05) is 13.0 Å². The molecule has 0 aliphatic heterocycles. The number of carbonyl (C=O) groups is 1. The normalized spacial score (nSPS) is 11.3. The lowest BCUT2D eigenvalue weighted by Gasteiger charge is -1.98. The monoisotopic (exact) mass is 160 g/mol. The van der Waals surface area contributed by atoms with Crippen molar-refractivity contribution in [2.75, 3.05) is 5.94 Å². The lowest BCUT2D eigenvalue weighted by atomic mass is 10.2. The van der Waals surface area contributed by atoms with E-state index in [-0.39, 0.29) is 11.9 Å². The summed E-state index contributed by atoms with van der Waals surface area (Å²) in [6, 6.07) is 0. The van der Waals surface area contributed by atoms with Crippen LogP contribution in [0.1, 0.15) is 20.3 Å². The number of thiol groups is 1. The van der Waals surface area contributed by atoms with Gasteiger partial charge in [-0.05, 0) is 13.3 Å². The average molecular weight is 160 g/mol. The molecule has 3 heteroatoms. The molecule has 0 aromatic carbocycles. The standard InChI is InChI=1S/C7H12O2S/c1-3-4-6(2)7(8)9-5-10/h4,10H,3,5H2,1-2H3. The van der Waals surface area contributed by atoms with E-state index in [1.807, 2.05) is 13.0 Å². The number of hydrogen-bond donors (Lipinski definition) is 1. The molecule has 0 saturated carbocycles. The van der Waals surface area contributed by atoms with Gasteiger partial charge in [-0.25, -0.2) is 4.79 Å². The van der Waals surface area contributed by atoms with Gasteiger partial charge in [0.25, 0.3) is 0 Å². The van der Waals surface area contributed by atoms with Gasteiger partial charge in [-0.2, -0.15) is 0 Å². The fourth-order valence-electron chi connectivity index (χ4n) is 0.562. The molecule has 0 fully saturated rings. The highest BCUT2D eigenvalue weighted by Gasteiger charge is 2.01. The fourth-order valence-corrected chi connectivity index (χ4v) is 0.679. The van der Waals surface area contributed by atoms with Gasteiger partial charge < -0.3 is 4.74 Å². The van der Waals surface area contributed by atoms with E-state index in [4.69, 9.17) is 0 Å². The van der Waals surface area contributed by atoms with Gasteiger partial charge >= 0.3 is 5.97 Å².